The second kappa shape index (κ2) is 10.3. The number of hydrogen-bond donors (Lipinski definition) is 2. The molecule has 0 saturated heterocycles. The number of hydrogen-bond acceptors (Lipinski definition) is 5. The fourth-order valence-corrected chi connectivity index (χ4v) is 4.48. The highest BCUT2D eigenvalue weighted by Crippen LogP contribution is 2.34. The summed E-state index contributed by atoms with van der Waals surface area (Å²) in [6.45, 7) is -0.748. The lowest BCUT2D eigenvalue weighted by Crippen LogP contribution is -2.41. The Balaban J connectivity index is 1.27. The smallest absolute Gasteiger partial charge is 0.422 e. The van der Waals surface area contributed by atoms with Crippen LogP contribution in [0.25, 0.3) is 0 Å². The van der Waals surface area contributed by atoms with Crippen LogP contribution in [0.5, 0.6) is 5.75 Å². The molecule has 3 aromatic rings. The predicted octanol–water partition coefficient (Wildman–Crippen LogP) is 4.76. The first kappa shape index (κ1) is 24.9. The minimum absolute atomic E-state index is 0.150. The second-order valence-corrected chi connectivity index (χ2v) is 9.56. The number of halogens is 3. The fourth-order valence-electron chi connectivity index (χ4n) is 4.48. The number of amides is 2. The Hall–Kier alpha value is -3.76. The third-order valence-corrected chi connectivity index (χ3v) is 6.57. The Morgan fingerprint density at radius 1 is 1.24 bits per heavy atom. The van der Waals surface area contributed by atoms with Gasteiger partial charge in [-0.2, -0.15) is 18.3 Å². The number of alkyl halides is 3. The third-order valence-electron chi connectivity index (χ3n) is 6.57. The van der Waals surface area contributed by atoms with Gasteiger partial charge in [0, 0.05) is 19.0 Å². The summed E-state index contributed by atoms with van der Waals surface area (Å²) in [6, 6.07) is 7.87. The number of rotatable bonds is 10. The van der Waals surface area contributed by atoms with Gasteiger partial charge in [-0.3, -0.25) is 9.59 Å². The van der Waals surface area contributed by atoms with E-state index in [0.29, 0.717) is 54.4 Å². The highest BCUT2D eigenvalue weighted by molar-refractivity contribution is 6.09. The van der Waals surface area contributed by atoms with E-state index in [2.05, 4.69) is 10.6 Å². The van der Waals surface area contributed by atoms with E-state index in [9.17, 15) is 22.8 Å². The molecule has 1 saturated carbocycles. The van der Waals surface area contributed by atoms with E-state index in [1.54, 1.807) is 22.9 Å². The van der Waals surface area contributed by atoms with E-state index in [-0.39, 0.29) is 23.6 Å². The maximum absolute atomic E-state index is 13.1. The van der Waals surface area contributed by atoms with Gasteiger partial charge in [0.2, 0.25) is 0 Å². The van der Waals surface area contributed by atoms with Crippen LogP contribution in [0.1, 0.15) is 57.7 Å². The van der Waals surface area contributed by atoms with Gasteiger partial charge < -0.3 is 19.8 Å². The van der Waals surface area contributed by atoms with Crippen molar-refractivity contribution in [2.75, 3.05) is 11.9 Å². The van der Waals surface area contributed by atoms with Crippen molar-refractivity contribution in [3.8, 4) is 5.75 Å². The van der Waals surface area contributed by atoms with Gasteiger partial charge in [-0.05, 0) is 48.9 Å². The molecule has 2 N–H and O–H groups in total. The summed E-state index contributed by atoms with van der Waals surface area (Å²) in [7, 11) is 0. The van der Waals surface area contributed by atoms with Crippen molar-refractivity contribution in [1.82, 2.24) is 15.1 Å². The maximum atomic E-state index is 13.1. The van der Waals surface area contributed by atoms with E-state index in [1.807, 2.05) is 6.07 Å². The van der Waals surface area contributed by atoms with E-state index < -0.39 is 12.8 Å². The van der Waals surface area contributed by atoms with E-state index >= 15 is 0 Å². The number of aryl methyl sites for hydroxylation is 2. The van der Waals surface area contributed by atoms with Crippen LogP contribution >= 0.6 is 0 Å². The van der Waals surface area contributed by atoms with Crippen LogP contribution in [-0.4, -0.2) is 40.4 Å². The third kappa shape index (κ3) is 6.33. The minimum atomic E-state index is -4.40. The predicted molar refractivity (Wildman–Crippen MR) is 128 cm³/mol. The number of ether oxygens (including phenoxy) is 1. The Morgan fingerprint density at radius 2 is 2.08 bits per heavy atom. The second-order valence-electron chi connectivity index (χ2n) is 9.56. The Bertz CT molecular complexity index is 1270. The molecule has 1 aliphatic heterocycles. The highest BCUT2D eigenvalue weighted by atomic mass is 19.4. The van der Waals surface area contributed by atoms with E-state index in [0.717, 1.165) is 12.0 Å². The normalized spacial score (nSPS) is 17.3. The average molecular weight is 517 g/mol. The van der Waals surface area contributed by atoms with Crippen LogP contribution in [0.2, 0.25) is 0 Å². The zero-order valence-corrected chi connectivity index (χ0v) is 20.0. The summed E-state index contributed by atoms with van der Waals surface area (Å²) in [5, 5.41) is 10.5. The van der Waals surface area contributed by atoms with Gasteiger partial charge in [0.25, 0.3) is 11.8 Å². The molecule has 8 nitrogen and oxygen atoms in total. The topological polar surface area (TPSA) is 98.4 Å². The Morgan fingerprint density at radius 3 is 2.81 bits per heavy atom. The molecule has 0 spiro atoms. The number of carbonyl (C=O) groups is 2. The van der Waals surface area contributed by atoms with Crippen molar-refractivity contribution in [3.05, 3.63) is 65.2 Å². The first-order valence-electron chi connectivity index (χ1n) is 12.3. The molecule has 1 aromatic carbocycles. The molecular formula is C26H27F3N4O4. The molecular weight excluding hydrogens is 489 g/mol. The van der Waals surface area contributed by atoms with Crippen molar-refractivity contribution in [1.29, 1.82) is 0 Å². The van der Waals surface area contributed by atoms with E-state index in [4.69, 9.17) is 14.3 Å². The lowest BCUT2D eigenvalue weighted by Gasteiger charge is -2.23. The standard InChI is InChI=1S/C26H27F3N4O4/c27-26(28,29)15-37-20-3-1-2-17(12-20)6-7-19-13-21-22(25(35)30-19)23(31-24(34)18-9-11-36-14-18)33(32-21)10-8-16-4-5-16/h1-3,9,11-12,14,16,19H,4-8,10,13,15H2,(H,30,35)(H,31,34)/t19-/m0/s1. The number of benzene rings is 1. The molecule has 1 fully saturated rings. The zero-order valence-electron chi connectivity index (χ0n) is 20.0. The van der Waals surface area contributed by atoms with Crippen LogP contribution in [0, 0.1) is 5.92 Å². The van der Waals surface area contributed by atoms with Crippen LogP contribution in [-0.2, 0) is 19.4 Å². The summed E-state index contributed by atoms with van der Waals surface area (Å²) < 4.78 is 48.9. The lowest BCUT2D eigenvalue weighted by atomic mass is 9.96. The molecule has 2 aliphatic rings. The maximum Gasteiger partial charge on any atom is 0.422 e. The van der Waals surface area contributed by atoms with Crippen LogP contribution in [0.15, 0.2) is 47.3 Å². The Kier molecular flexibility index (Phi) is 6.94. The molecule has 2 amide bonds. The van der Waals surface area contributed by atoms with Gasteiger partial charge in [0.15, 0.2) is 6.61 Å². The summed E-state index contributed by atoms with van der Waals surface area (Å²) in [5.41, 5.74) is 2.14. The molecule has 37 heavy (non-hydrogen) atoms. The number of carbonyl (C=O) groups excluding carboxylic acids is 2. The zero-order chi connectivity index (χ0) is 26.0. The number of nitrogens with one attached hydrogen (secondary N) is 2. The molecule has 11 heteroatoms. The Labute approximate surface area is 211 Å². The summed E-state index contributed by atoms with van der Waals surface area (Å²) in [4.78, 5) is 25.8. The largest absolute Gasteiger partial charge is 0.484 e. The number of furan rings is 1. The van der Waals surface area contributed by atoms with Crippen LogP contribution < -0.4 is 15.4 Å². The van der Waals surface area contributed by atoms with Gasteiger partial charge in [0.1, 0.15) is 23.4 Å². The van der Waals surface area contributed by atoms with Crippen LogP contribution in [0.3, 0.4) is 0 Å². The molecule has 196 valence electrons. The monoisotopic (exact) mass is 516 g/mol. The van der Waals surface area contributed by atoms with Gasteiger partial charge in [-0.25, -0.2) is 4.68 Å². The van der Waals surface area contributed by atoms with Crippen molar-refractivity contribution in [2.45, 2.75) is 57.3 Å². The summed E-state index contributed by atoms with van der Waals surface area (Å²) in [5.74, 6) is 0.487. The van der Waals surface area contributed by atoms with Crippen molar-refractivity contribution >= 4 is 17.6 Å². The molecule has 1 atom stereocenters. The molecule has 5 rings (SSSR count). The average Bonchev–Trinajstić information content (AvgIpc) is 3.38. The first-order chi connectivity index (χ1) is 17.7. The van der Waals surface area contributed by atoms with Gasteiger partial charge >= 0.3 is 6.18 Å². The minimum Gasteiger partial charge on any atom is -0.484 e. The molecule has 1 aliphatic carbocycles. The molecule has 0 unspecified atom stereocenters. The number of nitrogens with zero attached hydrogens (tertiary/aromatic N) is 2. The highest BCUT2D eigenvalue weighted by Gasteiger charge is 2.33. The van der Waals surface area contributed by atoms with Crippen molar-refractivity contribution in [2.24, 2.45) is 5.92 Å². The fraction of sp³-hybridized carbons (Fsp3) is 0.423. The molecule has 3 heterocycles. The molecule has 0 bridgehead atoms. The molecule has 2 aromatic heterocycles. The van der Waals surface area contributed by atoms with Gasteiger partial charge in [0.05, 0.1) is 17.5 Å². The number of aromatic nitrogens is 2. The van der Waals surface area contributed by atoms with Crippen LogP contribution in [0.4, 0.5) is 19.0 Å². The number of anilines is 1. The van der Waals surface area contributed by atoms with Crippen molar-refractivity contribution < 1.29 is 31.9 Å². The first-order valence-corrected chi connectivity index (χ1v) is 12.3. The molecule has 0 radical (unpaired) electrons. The quantitative estimate of drug-likeness (QED) is 0.405. The number of fused-ring (bicyclic) bond motifs is 1. The summed E-state index contributed by atoms with van der Waals surface area (Å²) in [6.07, 6.45) is 3.22. The van der Waals surface area contributed by atoms with E-state index in [1.165, 1.54) is 31.4 Å². The SMILES string of the molecule is O=C(Nc1c2c(nn1CCC1CC1)C[C@H](CCc1cccc(OCC(F)(F)F)c1)NC2=O)c1ccoc1. The lowest BCUT2D eigenvalue weighted by molar-refractivity contribution is -0.153. The van der Waals surface area contributed by atoms with Crippen molar-refractivity contribution in [3.63, 3.8) is 0 Å². The van der Waals surface area contributed by atoms with Gasteiger partial charge in [-0.15, -0.1) is 0 Å². The summed E-state index contributed by atoms with van der Waals surface area (Å²) >= 11 is 0. The van der Waals surface area contributed by atoms with Gasteiger partial charge in [-0.1, -0.05) is 25.0 Å².